The highest BCUT2D eigenvalue weighted by Gasteiger charge is 2.13. The van der Waals surface area contributed by atoms with Gasteiger partial charge in [-0.15, -0.1) is 0 Å². The normalized spacial score (nSPS) is 10.9. The zero-order chi connectivity index (χ0) is 17.5. The zero-order valence-electron chi connectivity index (χ0n) is 14.0. The number of benzene rings is 2. The molecule has 1 amide bonds. The van der Waals surface area contributed by atoms with Crippen molar-refractivity contribution in [1.82, 2.24) is 5.32 Å². The van der Waals surface area contributed by atoms with Gasteiger partial charge in [-0.1, -0.05) is 24.3 Å². The molecule has 0 heterocycles. The lowest BCUT2D eigenvalue weighted by atomic mass is 10.1. The van der Waals surface area contributed by atoms with E-state index >= 15 is 0 Å². The van der Waals surface area contributed by atoms with Gasteiger partial charge in [-0.05, 0) is 53.5 Å². The summed E-state index contributed by atoms with van der Waals surface area (Å²) in [6.07, 6.45) is 0. The summed E-state index contributed by atoms with van der Waals surface area (Å²) in [7, 11) is 0. The average Bonchev–Trinajstić information content (AvgIpc) is 2.58. The van der Waals surface area contributed by atoms with Gasteiger partial charge in [0.1, 0.15) is 12.4 Å². The lowest BCUT2D eigenvalue weighted by Crippen LogP contribution is -3.10. The summed E-state index contributed by atoms with van der Waals surface area (Å²) in [4.78, 5) is 13.8. The van der Waals surface area contributed by atoms with Gasteiger partial charge in [-0.25, -0.2) is 4.39 Å². The van der Waals surface area contributed by atoms with E-state index in [1.54, 1.807) is 0 Å². The SMILES string of the molecule is CC[NH+](CC)Cc1ccccc1CNC(=O)c1ccc(F)cc1Br. The van der Waals surface area contributed by atoms with Crippen LogP contribution in [-0.4, -0.2) is 19.0 Å². The molecule has 2 aromatic rings. The molecular formula is C19H23BrFN2O+. The summed E-state index contributed by atoms with van der Waals surface area (Å²) < 4.78 is 13.6. The summed E-state index contributed by atoms with van der Waals surface area (Å²) in [5, 5.41) is 2.92. The van der Waals surface area contributed by atoms with E-state index in [2.05, 4.69) is 41.2 Å². The third-order valence-corrected chi connectivity index (χ3v) is 4.83. The van der Waals surface area contributed by atoms with Crippen molar-refractivity contribution >= 4 is 21.8 Å². The van der Waals surface area contributed by atoms with Crippen LogP contribution in [0.3, 0.4) is 0 Å². The molecule has 5 heteroatoms. The van der Waals surface area contributed by atoms with Gasteiger partial charge in [0.05, 0.1) is 18.7 Å². The number of hydrogen-bond acceptors (Lipinski definition) is 1. The quantitative estimate of drug-likeness (QED) is 0.744. The first-order valence-corrected chi connectivity index (χ1v) is 8.98. The van der Waals surface area contributed by atoms with E-state index < -0.39 is 0 Å². The molecule has 3 nitrogen and oxygen atoms in total. The van der Waals surface area contributed by atoms with Crippen LogP contribution in [0.4, 0.5) is 4.39 Å². The fraction of sp³-hybridized carbons (Fsp3) is 0.316. The number of carbonyl (C=O) groups excluding carboxylic acids is 1. The number of nitrogens with one attached hydrogen (secondary N) is 2. The van der Waals surface area contributed by atoms with E-state index in [9.17, 15) is 9.18 Å². The molecule has 0 unspecified atom stereocenters. The van der Waals surface area contributed by atoms with E-state index in [0.717, 1.165) is 25.2 Å². The maximum Gasteiger partial charge on any atom is 0.252 e. The summed E-state index contributed by atoms with van der Waals surface area (Å²) in [6, 6.07) is 12.2. The Morgan fingerprint density at radius 1 is 1.12 bits per heavy atom. The molecule has 128 valence electrons. The molecule has 0 saturated heterocycles. The Morgan fingerprint density at radius 2 is 1.79 bits per heavy atom. The van der Waals surface area contributed by atoms with Crippen molar-refractivity contribution in [3.8, 4) is 0 Å². The third-order valence-electron chi connectivity index (χ3n) is 4.17. The maximum absolute atomic E-state index is 13.1. The number of amides is 1. The second-order valence-electron chi connectivity index (χ2n) is 5.71. The number of rotatable bonds is 7. The minimum Gasteiger partial charge on any atom is -0.348 e. The van der Waals surface area contributed by atoms with E-state index in [-0.39, 0.29) is 11.7 Å². The van der Waals surface area contributed by atoms with Crippen LogP contribution >= 0.6 is 15.9 Å². The molecule has 0 spiro atoms. The molecule has 0 atom stereocenters. The molecule has 0 bridgehead atoms. The van der Waals surface area contributed by atoms with Gasteiger partial charge in [0, 0.05) is 16.6 Å². The van der Waals surface area contributed by atoms with E-state index in [4.69, 9.17) is 0 Å². The number of carbonyl (C=O) groups is 1. The van der Waals surface area contributed by atoms with Crippen molar-refractivity contribution in [3.63, 3.8) is 0 Å². The third kappa shape index (κ3) is 4.89. The van der Waals surface area contributed by atoms with E-state index in [1.807, 2.05) is 18.2 Å². The molecule has 0 fully saturated rings. The minimum absolute atomic E-state index is 0.216. The minimum atomic E-state index is -0.369. The van der Waals surface area contributed by atoms with Crippen molar-refractivity contribution in [3.05, 3.63) is 69.4 Å². The molecule has 0 aliphatic rings. The molecule has 2 rings (SSSR count). The summed E-state index contributed by atoms with van der Waals surface area (Å²) >= 11 is 3.24. The first kappa shape index (κ1) is 18.6. The van der Waals surface area contributed by atoms with Gasteiger partial charge in [0.15, 0.2) is 0 Å². The van der Waals surface area contributed by atoms with Gasteiger partial charge < -0.3 is 10.2 Å². The Morgan fingerprint density at radius 3 is 2.42 bits per heavy atom. The highest BCUT2D eigenvalue weighted by atomic mass is 79.9. The summed E-state index contributed by atoms with van der Waals surface area (Å²) in [5.74, 6) is -0.585. The second-order valence-corrected chi connectivity index (χ2v) is 6.56. The number of hydrogen-bond donors (Lipinski definition) is 2. The first-order valence-electron chi connectivity index (χ1n) is 8.18. The van der Waals surface area contributed by atoms with Crippen LogP contribution in [-0.2, 0) is 13.1 Å². The molecule has 0 aliphatic carbocycles. The fourth-order valence-electron chi connectivity index (χ4n) is 2.62. The monoisotopic (exact) mass is 393 g/mol. The van der Waals surface area contributed by atoms with Gasteiger partial charge in [-0.2, -0.15) is 0 Å². The number of halogens is 2. The van der Waals surface area contributed by atoms with Crippen LogP contribution in [0.25, 0.3) is 0 Å². The Labute approximate surface area is 151 Å². The topological polar surface area (TPSA) is 33.5 Å². The Balaban J connectivity index is 2.07. The van der Waals surface area contributed by atoms with Crippen LogP contribution in [0.1, 0.15) is 35.3 Å². The Kier molecular flexibility index (Phi) is 6.94. The maximum atomic E-state index is 13.1. The predicted octanol–water partition coefficient (Wildman–Crippen LogP) is 2.94. The molecular weight excluding hydrogens is 371 g/mol. The number of quaternary nitrogens is 1. The predicted molar refractivity (Wildman–Crippen MR) is 97.5 cm³/mol. The van der Waals surface area contributed by atoms with Crippen LogP contribution in [0, 0.1) is 5.82 Å². The van der Waals surface area contributed by atoms with E-state index in [0.29, 0.717) is 16.6 Å². The van der Waals surface area contributed by atoms with Crippen LogP contribution < -0.4 is 10.2 Å². The molecule has 2 N–H and O–H groups in total. The van der Waals surface area contributed by atoms with Crippen molar-refractivity contribution in [2.45, 2.75) is 26.9 Å². The summed E-state index contributed by atoms with van der Waals surface area (Å²) in [5.41, 5.74) is 2.79. The van der Waals surface area contributed by atoms with Crippen LogP contribution in [0.2, 0.25) is 0 Å². The van der Waals surface area contributed by atoms with Gasteiger partial charge >= 0.3 is 0 Å². The zero-order valence-corrected chi connectivity index (χ0v) is 15.6. The van der Waals surface area contributed by atoms with Gasteiger partial charge in [0.2, 0.25) is 0 Å². The highest BCUT2D eigenvalue weighted by molar-refractivity contribution is 9.10. The van der Waals surface area contributed by atoms with E-state index in [1.165, 1.54) is 28.7 Å². The Bertz CT molecular complexity index is 702. The molecule has 0 aliphatic heterocycles. The largest absolute Gasteiger partial charge is 0.348 e. The molecule has 24 heavy (non-hydrogen) atoms. The van der Waals surface area contributed by atoms with Gasteiger partial charge in [0.25, 0.3) is 5.91 Å². The lowest BCUT2D eigenvalue weighted by Gasteiger charge is -2.18. The van der Waals surface area contributed by atoms with Crippen molar-refractivity contribution in [2.24, 2.45) is 0 Å². The second kappa shape index (κ2) is 8.94. The molecule has 0 saturated carbocycles. The van der Waals surface area contributed by atoms with Crippen molar-refractivity contribution < 1.29 is 14.1 Å². The smallest absolute Gasteiger partial charge is 0.252 e. The average molecular weight is 394 g/mol. The van der Waals surface area contributed by atoms with Crippen LogP contribution in [0.5, 0.6) is 0 Å². The van der Waals surface area contributed by atoms with Crippen molar-refractivity contribution in [1.29, 1.82) is 0 Å². The lowest BCUT2D eigenvalue weighted by molar-refractivity contribution is -0.910. The molecule has 2 aromatic carbocycles. The highest BCUT2D eigenvalue weighted by Crippen LogP contribution is 2.18. The Hall–Kier alpha value is -1.72. The van der Waals surface area contributed by atoms with Crippen LogP contribution in [0.15, 0.2) is 46.9 Å². The summed E-state index contributed by atoms with van der Waals surface area (Å²) in [6.45, 7) is 7.89. The first-order chi connectivity index (χ1) is 11.5. The fourth-order valence-corrected chi connectivity index (χ4v) is 3.15. The molecule has 0 radical (unpaired) electrons. The molecule has 0 aromatic heterocycles. The van der Waals surface area contributed by atoms with Crippen molar-refractivity contribution in [2.75, 3.05) is 13.1 Å². The standard InChI is InChI=1S/C19H22BrFN2O/c1-3-23(4-2)13-15-8-6-5-7-14(15)12-22-19(24)17-10-9-16(21)11-18(17)20/h5-11H,3-4,12-13H2,1-2H3,(H,22,24)/p+1. The van der Waals surface area contributed by atoms with Gasteiger partial charge in [-0.3, -0.25) is 4.79 Å².